The Balaban J connectivity index is 0.00000306. The van der Waals surface area contributed by atoms with Gasteiger partial charge in [0.05, 0.1) is 41.3 Å². The number of hydrogen-bond donors (Lipinski definition) is 2. The number of thiazole rings is 1. The molecule has 0 spiro atoms. The maximum Gasteiger partial charge on any atom is 0.324 e. The molecule has 0 radical (unpaired) electrons. The van der Waals surface area contributed by atoms with E-state index >= 15 is 0 Å². The minimum atomic E-state index is -2.67. The molecule has 2 N–H and O–H groups in total. The molecular formula is C46H69F2N9O6S5. The summed E-state index contributed by atoms with van der Waals surface area (Å²) in [6.07, 6.45) is -0.161. The first-order chi connectivity index (χ1) is 30.4. The summed E-state index contributed by atoms with van der Waals surface area (Å²) in [5, 5.41) is 7.56. The number of likely N-dealkylation sites (tertiary alicyclic amines) is 1. The highest BCUT2D eigenvalue weighted by molar-refractivity contribution is 7.59. The molecule has 3 aliphatic heterocycles. The molecular weight excluding hydrogens is 973 g/mol. The van der Waals surface area contributed by atoms with E-state index in [1.165, 1.54) is 21.2 Å². The molecule has 4 aromatic rings. The molecule has 0 aliphatic carbocycles. The van der Waals surface area contributed by atoms with Crippen LogP contribution in [0.15, 0.2) is 41.9 Å². The lowest BCUT2D eigenvalue weighted by molar-refractivity contribution is -0.155. The Labute approximate surface area is 430 Å². The van der Waals surface area contributed by atoms with Crippen molar-refractivity contribution < 1.29 is 37.4 Å². The lowest BCUT2D eigenvalue weighted by atomic mass is 9.84. The lowest BCUT2D eigenvalue weighted by Gasteiger charge is -2.45. The third-order valence-corrected chi connectivity index (χ3v) is 13.5. The third-order valence-electron chi connectivity index (χ3n) is 12.6. The third kappa shape index (κ3) is 12.6. The number of urea groups is 1. The monoisotopic (exact) mass is 1040 g/mol. The van der Waals surface area contributed by atoms with Gasteiger partial charge in [0.15, 0.2) is 0 Å². The van der Waals surface area contributed by atoms with Crippen LogP contribution in [-0.4, -0.2) is 143 Å². The summed E-state index contributed by atoms with van der Waals surface area (Å²) < 4.78 is 42.6. The molecule has 0 saturated carbocycles. The van der Waals surface area contributed by atoms with Gasteiger partial charge in [-0.1, -0.05) is 33.8 Å². The molecule has 7 rings (SSSR count). The number of nitrogens with one attached hydrogen (secondary N) is 2. The zero-order valence-corrected chi connectivity index (χ0v) is 45.0. The molecule has 3 aromatic heterocycles. The van der Waals surface area contributed by atoms with E-state index in [0.717, 1.165) is 16.5 Å². The van der Waals surface area contributed by atoms with Crippen LogP contribution in [0.4, 0.5) is 13.6 Å². The van der Waals surface area contributed by atoms with Crippen molar-refractivity contribution in [2.45, 2.75) is 104 Å². The summed E-state index contributed by atoms with van der Waals surface area (Å²) in [5.74, 6) is -1.76. The SMILES string of the molecule is CO[C@@H](C)c1ncccc1-c1c2c3cc(ccc3n1CC(F)F)-c1csc(n1)C[C@H](NC(=O)[C@H](C(C)C)N(C)C(=O)N1CC(N(C)C)C1)C(=O)N1CCC[C@H](N1)C(=O)OCC(C)(C)C2.S.S.S.S. The number of likely N-dealkylation sites (N-methyl/N-ethyl adjacent to an activating group) is 2. The van der Waals surface area contributed by atoms with Crippen LogP contribution in [0.1, 0.15) is 69.8 Å². The molecule has 1 aromatic carbocycles. The number of ether oxygens (including phenoxy) is 2. The number of hydrogen-bond acceptors (Lipinski definition) is 11. The number of carbonyl (C=O) groups excluding carboxylic acids is 4. The Morgan fingerprint density at radius 1 is 1.07 bits per heavy atom. The largest absolute Gasteiger partial charge is 0.464 e. The number of cyclic esters (lactones) is 1. The Morgan fingerprint density at radius 3 is 2.43 bits per heavy atom. The van der Waals surface area contributed by atoms with Crippen LogP contribution in [-0.2, 0) is 43.2 Å². The van der Waals surface area contributed by atoms with Gasteiger partial charge in [-0.2, -0.15) is 54.0 Å². The molecule has 68 heavy (non-hydrogen) atoms. The van der Waals surface area contributed by atoms with Crippen molar-refractivity contribution in [3.8, 4) is 22.5 Å². The number of benzene rings is 1. The number of fused-ring (bicyclic) bond motifs is 6. The van der Waals surface area contributed by atoms with E-state index in [2.05, 4.69) is 20.6 Å². The number of hydrazine groups is 1. The zero-order valence-electron chi connectivity index (χ0n) is 40.2. The van der Waals surface area contributed by atoms with Crippen molar-refractivity contribution in [1.82, 2.24) is 45.0 Å². The standard InChI is InChI=1S/C46H61F2N9O6S.4H2S/c1-26(2)40(54(8)45(61)55-21-29(22-55)53(6)7)42(58)51-34-19-38-50-35(24-64-38)28-14-15-36-31(18-28)32(20-46(4,5)25-63-44(60)33-13-11-17-57(52-33)43(34)59)41(56(36)23-37(47)48)30-12-10-16-49-39(30)27(3)62-9;;;;/h10,12,14-16,18,24,26-27,29,33-34,37,40,52H,11,13,17,19-23,25H2,1-9H3,(H,51,58);4*1H2/t27-,33-,34-,40-;;;;/m0..../s1. The van der Waals surface area contributed by atoms with Crippen LogP contribution in [0, 0.1) is 11.3 Å². The molecule has 4 atom stereocenters. The second-order valence-corrected chi connectivity index (χ2v) is 19.6. The summed E-state index contributed by atoms with van der Waals surface area (Å²) in [6, 6.07) is 6.43. The van der Waals surface area contributed by atoms with E-state index < -0.39 is 60.4 Å². The average Bonchev–Trinajstić information content (AvgIpc) is 3.82. The van der Waals surface area contributed by atoms with Gasteiger partial charge in [-0.05, 0) is 76.0 Å². The van der Waals surface area contributed by atoms with Crippen molar-refractivity contribution in [2.75, 3.05) is 54.5 Å². The van der Waals surface area contributed by atoms with Gasteiger partial charge < -0.3 is 34.1 Å². The first kappa shape index (κ1) is 58.7. The number of amides is 4. The van der Waals surface area contributed by atoms with Crippen molar-refractivity contribution in [3.05, 3.63) is 58.2 Å². The topological polar surface area (TPSA) is 154 Å². The minimum absolute atomic E-state index is 0. The molecule has 3 aliphatic rings. The fourth-order valence-corrected chi connectivity index (χ4v) is 9.88. The van der Waals surface area contributed by atoms with Gasteiger partial charge in [0.1, 0.15) is 18.1 Å². The van der Waals surface area contributed by atoms with Gasteiger partial charge in [-0.3, -0.25) is 24.4 Å². The molecule has 4 amide bonds. The number of methoxy groups -OCH3 is 1. The van der Waals surface area contributed by atoms with E-state index in [9.17, 15) is 28.0 Å². The Kier molecular flexibility index (Phi) is 21.1. The molecule has 6 heterocycles. The second kappa shape index (κ2) is 24.5. The molecule has 15 nitrogen and oxygen atoms in total. The van der Waals surface area contributed by atoms with E-state index in [-0.39, 0.29) is 91.5 Å². The van der Waals surface area contributed by atoms with Crippen molar-refractivity contribution in [3.63, 3.8) is 0 Å². The summed E-state index contributed by atoms with van der Waals surface area (Å²) in [4.78, 5) is 71.2. The Bertz CT molecular complexity index is 2380. The van der Waals surface area contributed by atoms with Crippen LogP contribution in [0.25, 0.3) is 33.4 Å². The highest BCUT2D eigenvalue weighted by atomic mass is 32.1. The number of nitrogens with zero attached hydrogens (tertiary/aromatic N) is 7. The maximum atomic E-state index is 14.6. The van der Waals surface area contributed by atoms with Gasteiger partial charge in [0.25, 0.3) is 12.3 Å². The van der Waals surface area contributed by atoms with Crippen LogP contribution >= 0.6 is 65.3 Å². The number of halogens is 2. The van der Waals surface area contributed by atoms with Gasteiger partial charge in [-0.15, -0.1) is 11.3 Å². The first-order valence-electron chi connectivity index (χ1n) is 22.0. The fourth-order valence-electron chi connectivity index (χ4n) is 9.03. The number of pyridine rings is 1. The van der Waals surface area contributed by atoms with Crippen LogP contribution in [0.5, 0.6) is 0 Å². The number of rotatable bonds is 10. The van der Waals surface area contributed by atoms with E-state index in [4.69, 9.17) is 14.5 Å². The highest BCUT2D eigenvalue weighted by Gasteiger charge is 2.41. The highest BCUT2D eigenvalue weighted by Crippen LogP contribution is 2.42. The van der Waals surface area contributed by atoms with E-state index in [1.807, 2.05) is 78.4 Å². The molecule has 0 unspecified atom stereocenters. The van der Waals surface area contributed by atoms with Crippen molar-refractivity contribution in [1.29, 1.82) is 0 Å². The first-order valence-corrected chi connectivity index (χ1v) is 22.8. The number of aromatic nitrogens is 3. The number of esters is 1. The van der Waals surface area contributed by atoms with E-state index in [1.54, 1.807) is 35.9 Å². The second-order valence-electron chi connectivity index (χ2n) is 18.6. The predicted octanol–water partition coefficient (Wildman–Crippen LogP) is 6.22. The van der Waals surface area contributed by atoms with Gasteiger partial charge in [-0.25, -0.2) is 24.0 Å². The molecule has 2 saturated heterocycles. The average molecular weight is 1040 g/mol. The smallest absolute Gasteiger partial charge is 0.324 e. The van der Waals surface area contributed by atoms with E-state index in [0.29, 0.717) is 65.5 Å². The van der Waals surface area contributed by atoms with Gasteiger partial charge in [0, 0.05) is 85.3 Å². The zero-order chi connectivity index (χ0) is 46.2. The molecule has 378 valence electrons. The van der Waals surface area contributed by atoms with Crippen LogP contribution < -0.4 is 10.7 Å². The van der Waals surface area contributed by atoms with Crippen LogP contribution in [0.2, 0.25) is 0 Å². The van der Waals surface area contributed by atoms with Crippen molar-refractivity contribution in [2.24, 2.45) is 11.3 Å². The number of alkyl halides is 2. The van der Waals surface area contributed by atoms with Crippen LogP contribution in [0.3, 0.4) is 0 Å². The van der Waals surface area contributed by atoms with Gasteiger partial charge in [0.2, 0.25) is 5.91 Å². The quantitative estimate of drug-likeness (QED) is 0.175. The lowest BCUT2D eigenvalue weighted by Crippen LogP contribution is -2.65. The number of carbonyl (C=O) groups is 4. The normalized spacial score (nSPS) is 19.4. The summed E-state index contributed by atoms with van der Waals surface area (Å²) >= 11 is 1.33. The molecule has 6 bridgehead atoms. The molecule has 22 heteroatoms. The predicted molar refractivity (Wildman–Crippen MR) is 282 cm³/mol. The minimum Gasteiger partial charge on any atom is -0.464 e. The maximum absolute atomic E-state index is 14.6. The Morgan fingerprint density at radius 2 is 1.78 bits per heavy atom. The molecule has 2 fully saturated rings. The van der Waals surface area contributed by atoms with Gasteiger partial charge >= 0.3 is 12.0 Å². The fraction of sp³-hybridized carbons (Fsp3) is 0.565. The Hall–Kier alpha value is -3.64. The summed E-state index contributed by atoms with van der Waals surface area (Å²) in [5.41, 5.74) is 6.98. The summed E-state index contributed by atoms with van der Waals surface area (Å²) in [6.45, 7) is 10.3. The summed E-state index contributed by atoms with van der Waals surface area (Å²) in [7, 11) is 7.12. The van der Waals surface area contributed by atoms with Crippen molar-refractivity contribution >= 4 is 100 Å².